The molecule has 0 N–H and O–H groups in total. The second-order valence-electron chi connectivity index (χ2n) is 7.37. The molecule has 0 heterocycles. The van der Waals surface area contributed by atoms with Crippen molar-refractivity contribution in [3.8, 4) is 17.6 Å². The number of nitrogens with zero attached hydrogens (tertiary/aromatic N) is 1. The predicted octanol–water partition coefficient (Wildman–Crippen LogP) is 6.80. The minimum atomic E-state index is 0.444. The first kappa shape index (κ1) is 20.3. The van der Waals surface area contributed by atoms with Gasteiger partial charge in [0, 0.05) is 0 Å². The van der Waals surface area contributed by atoms with E-state index in [4.69, 9.17) is 9.47 Å². The quantitative estimate of drug-likeness (QED) is 0.262. The van der Waals surface area contributed by atoms with Crippen LogP contribution in [-0.2, 0) is 6.61 Å². The minimum absolute atomic E-state index is 0.444. The zero-order valence-corrected chi connectivity index (χ0v) is 17.6. The molecule has 0 amide bonds. The Hall–Kier alpha value is -4.03. The summed E-state index contributed by atoms with van der Waals surface area (Å²) < 4.78 is 11.7. The molecule has 0 aliphatic heterocycles. The molecule has 0 aliphatic carbocycles. The Morgan fingerprint density at radius 2 is 1.68 bits per heavy atom. The van der Waals surface area contributed by atoms with Crippen molar-refractivity contribution in [2.45, 2.75) is 13.5 Å². The summed E-state index contributed by atoms with van der Waals surface area (Å²) in [6.45, 7) is 2.47. The lowest BCUT2D eigenvalue weighted by Gasteiger charge is -2.13. The van der Waals surface area contributed by atoms with Gasteiger partial charge in [-0.2, -0.15) is 5.26 Å². The summed E-state index contributed by atoms with van der Waals surface area (Å²) in [6, 6.07) is 30.4. The molecular weight excluding hydrogens is 382 g/mol. The highest BCUT2D eigenvalue weighted by molar-refractivity contribution is 5.90. The number of rotatable bonds is 6. The molecule has 0 aromatic heterocycles. The monoisotopic (exact) mass is 405 g/mol. The highest BCUT2D eigenvalue weighted by atomic mass is 16.5. The Morgan fingerprint density at radius 1 is 0.903 bits per heavy atom. The molecule has 0 aliphatic rings. The molecule has 0 saturated carbocycles. The summed E-state index contributed by atoms with van der Waals surface area (Å²) in [4.78, 5) is 0. The SMILES string of the molecule is COc1cc(/C=C(/C#N)c2ccc(C)cc2)ccc1OCc1cccc2ccccc12. The molecule has 152 valence electrons. The van der Waals surface area contributed by atoms with Gasteiger partial charge in [0.15, 0.2) is 11.5 Å². The number of allylic oxidation sites excluding steroid dienone is 1. The maximum atomic E-state index is 9.61. The summed E-state index contributed by atoms with van der Waals surface area (Å²) in [5, 5.41) is 12.0. The van der Waals surface area contributed by atoms with Crippen molar-refractivity contribution in [1.29, 1.82) is 5.26 Å². The maximum absolute atomic E-state index is 9.61. The third-order valence-corrected chi connectivity index (χ3v) is 5.24. The summed E-state index contributed by atoms with van der Waals surface area (Å²) in [7, 11) is 1.62. The van der Waals surface area contributed by atoms with Gasteiger partial charge >= 0.3 is 0 Å². The zero-order chi connectivity index (χ0) is 21.6. The number of ether oxygens (including phenoxy) is 2. The molecule has 3 nitrogen and oxygen atoms in total. The fourth-order valence-electron chi connectivity index (χ4n) is 3.55. The Bertz CT molecular complexity index is 1280. The summed E-state index contributed by atoms with van der Waals surface area (Å²) in [5.41, 5.74) is 4.66. The normalized spacial score (nSPS) is 11.2. The van der Waals surface area contributed by atoms with E-state index in [2.05, 4.69) is 30.3 Å². The molecule has 4 rings (SSSR count). The molecule has 31 heavy (non-hydrogen) atoms. The van der Waals surface area contributed by atoms with Crippen LogP contribution in [0.15, 0.2) is 84.9 Å². The van der Waals surface area contributed by atoms with Crippen LogP contribution in [-0.4, -0.2) is 7.11 Å². The second-order valence-corrected chi connectivity index (χ2v) is 7.37. The maximum Gasteiger partial charge on any atom is 0.161 e. The first-order valence-electron chi connectivity index (χ1n) is 10.1. The van der Waals surface area contributed by atoms with Gasteiger partial charge in [0.2, 0.25) is 0 Å². The molecule has 0 fully saturated rings. The van der Waals surface area contributed by atoms with Gasteiger partial charge in [0.05, 0.1) is 18.8 Å². The van der Waals surface area contributed by atoms with E-state index >= 15 is 0 Å². The van der Waals surface area contributed by atoms with Gasteiger partial charge in [-0.1, -0.05) is 78.4 Å². The van der Waals surface area contributed by atoms with Gasteiger partial charge in [-0.3, -0.25) is 0 Å². The van der Waals surface area contributed by atoms with Gasteiger partial charge in [0.25, 0.3) is 0 Å². The van der Waals surface area contributed by atoms with Crippen molar-refractivity contribution in [2.75, 3.05) is 7.11 Å². The van der Waals surface area contributed by atoms with Gasteiger partial charge in [0.1, 0.15) is 6.61 Å². The standard InChI is InChI=1S/C28H23NO2/c1-20-10-13-22(14-11-20)25(18-29)16-21-12-15-27(28(17-21)30-2)31-19-24-8-5-7-23-6-3-4-9-26(23)24/h3-17H,19H2,1-2H3/b25-16-. The molecule has 0 atom stereocenters. The predicted molar refractivity (Wildman–Crippen MR) is 126 cm³/mol. The number of aryl methyl sites for hydroxylation is 1. The van der Waals surface area contributed by atoms with E-state index in [-0.39, 0.29) is 0 Å². The van der Waals surface area contributed by atoms with Crippen LogP contribution in [0.3, 0.4) is 0 Å². The lowest BCUT2D eigenvalue weighted by Crippen LogP contribution is -1.98. The molecule has 0 radical (unpaired) electrons. The molecular formula is C28H23NO2. The third-order valence-electron chi connectivity index (χ3n) is 5.24. The van der Waals surface area contributed by atoms with Crippen LogP contribution in [0.4, 0.5) is 0 Å². The van der Waals surface area contributed by atoms with E-state index in [0.717, 1.165) is 22.3 Å². The smallest absolute Gasteiger partial charge is 0.161 e. The van der Waals surface area contributed by atoms with Crippen molar-refractivity contribution in [1.82, 2.24) is 0 Å². The third kappa shape index (κ3) is 4.60. The second kappa shape index (κ2) is 9.19. The van der Waals surface area contributed by atoms with Crippen LogP contribution in [0.25, 0.3) is 22.4 Å². The van der Waals surface area contributed by atoms with Crippen LogP contribution < -0.4 is 9.47 Å². The average Bonchev–Trinajstić information content (AvgIpc) is 2.82. The van der Waals surface area contributed by atoms with Crippen molar-refractivity contribution < 1.29 is 9.47 Å². The molecule has 4 aromatic rings. The molecule has 0 spiro atoms. The summed E-state index contributed by atoms with van der Waals surface area (Å²) >= 11 is 0. The Morgan fingerprint density at radius 3 is 2.45 bits per heavy atom. The highest BCUT2D eigenvalue weighted by Crippen LogP contribution is 2.31. The van der Waals surface area contributed by atoms with Crippen LogP contribution in [0.2, 0.25) is 0 Å². The van der Waals surface area contributed by atoms with E-state index < -0.39 is 0 Å². The number of nitriles is 1. The first-order chi connectivity index (χ1) is 15.2. The van der Waals surface area contributed by atoms with Gasteiger partial charge in [-0.15, -0.1) is 0 Å². The van der Waals surface area contributed by atoms with Crippen molar-refractivity contribution in [3.05, 3.63) is 107 Å². The Labute approximate surface area is 182 Å². The van der Waals surface area contributed by atoms with Gasteiger partial charge in [-0.25, -0.2) is 0 Å². The van der Waals surface area contributed by atoms with Crippen molar-refractivity contribution in [2.24, 2.45) is 0 Å². The molecule has 0 bridgehead atoms. The fraction of sp³-hybridized carbons (Fsp3) is 0.107. The Kier molecular flexibility index (Phi) is 6.01. The van der Waals surface area contributed by atoms with Gasteiger partial charge in [-0.05, 0) is 52.6 Å². The lowest BCUT2D eigenvalue weighted by molar-refractivity contribution is 0.285. The number of hydrogen-bond acceptors (Lipinski definition) is 3. The molecule has 3 heteroatoms. The largest absolute Gasteiger partial charge is 0.493 e. The molecule has 0 unspecified atom stereocenters. The van der Waals surface area contributed by atoms with Crippen molar-refractivity contribution in [3.63, 3.8) is 0 Å². The van der Waals surface area contributed by atoms with E-state index in [1.165, 1.54) is 10.8 Å². The topological polar surface area (TPSA) is 42.2 Å². The lowest BCUT2D eigenvalue weighted by atomic mass is 10.0. The summed E-state index contributed by atoms with van der Waals surface area (Å²) in [6.07, 6.45) is 1.86. The highest BCUT2D eigenvalue weighted by Gasteiger charge is 2.08. The molecule has 0 saturated heterocycles. The van der Waals surface area contributed by atoms with E-state index in [0.29, 0.717) is 23.7 Å². The van der Waals surface area contributed by atoms with E-state index in [9.17, 15) is 5.26 Å². The number of fused-ring (bicyclic) bond motifs is 1. The zero-order valence-electron chi connectivity index (χ0n) is 17.6. The van der Waals surface area contributed by atoms with E-state index in [1.807, 2.05) is 73.7 Å². The van der Waals surface area contributed by atoms with Crippen LogP contribution >= 0.6 is 0 Å². The number of methoxy groups -OCH3 is 1. The minimum Gasteiger partial charge on any atom is -0.493 e. The van der Waals surface area contributed by atoms with Crippen LogP contribution in [0.1, 0.15) is 22.3 Å². The Balaban J connectivity index is 1.58. The number of benzene rings is 4. The van der Waals surface area contributed by atoms with Crippen molar-refractivity contribution >= 4 is 22.4 Å². The molecule has 4 aromatic carbocycles. The van der Waals surface area contributed by atoms with Gasteiger partial charge < -0.3 is 9.47 Å². The number of hydrogen-bond donors (Lipinski definition) is 0. The first-order valence-corrected chi connectivity index (χ1v) is 10.1. The van der Waals surface area contributed by atoms with Crippen LogP contribution in [0, 0.1) is 18.3 Å². The van der Waals surface area contributed by atoms with Crippen LogP contribution in [0.5, 0.6) is 11.5 Å². The summed E-state index contributed by atoms with van der Waals surface area (Å²) in [5.74, 6) is 1.30. The average molecular weight is 405 g/mol. The fourth-order valence-corrected chi connectivity index (χ4v) is 3.55. The van der Waals surface area contributed by atoms with E-state index in [1.54, 1.807) is 7.11 Å².